The van der Waals surface area contributed by atoms with Crippen LogP contribution in [0.4, 0.5) is 4.39 Å². The van der Waals surface area contributed by atoms with Crippen LogP contribution in [-0.4, -0.2) is 73.4 Å². The van der Waals surface area contributed by atoms with Gasteiger partial charge in [0.05, 0.1) is 12.6 Å². The fourth-order valence-electron chi connectivity index (χ4n) is 4.03. The summed E-state index contributed by atoms with van der Waals surface area (Å²) >= 11 is 0. The van der Waals surface area contributed by atoms with E-state index < -0.39 is 6.10 Å². The molecular formula is C20H30FN3O4. The van der Waals surface area contributed by atoms with Gasteiger partial charge in [0.2, 0.25) is 0 Å². The number of carbonyl (C=O) groups excluding carboxylic acids is 1. The lowest BCUT2D eigenvalue weighted by Crippen LogP contribution is -2.46. The minimum absolute atomic E-state index is 0.0164. The Labute approximate surface area is 165 Å². The number of hydroxylamine groups is 1. The highest BCUT2D eigenvalue weighted by Gasteiger charge is 2.34. The molecule has 0 bridgehead atoms. The van der Waals surface area contributed by atoms with Gasteiger partial charge in [0.25, 0.3) is 5.91 Å². The van der Waals surface area contributed by atoms with Crippen LogP contribution < -0.4 is 10.3 Å². The Hall–Kier alpha value is -1.74. The van der Waals surface area contributed by atoms with Crippen molar-refractivity contribution in [3.05, 3.63) is 29.6 Å². The number of hydrogen-bond donors (Lipinski definition) is 2. The van der Waals surface area contributed by atoms with E-state index in [2.05, 4.69) is 10.4 Å². The number of piperidine rings is 1. The molecule has 2 N–H and O–H groups in total. The molecule has 3 rings (SSSR count). The lowest BCUT2D eigenvalue weighted by atomic mass is 9.86. The highest BCUT2D eigenvalue weighted by atomic mass is 19.1. The highest BCUT2D eigenvalue weighted by molar-refractivity contribution is 5.80. The molecule has 0 aromatic heterocycles. The molecule has 2 atom stereocenters. The Morgan fingerprint density at radius 3 is 2.89 bits per heavy atom. The van der Waals surface area contributed by atoms with E-state index in [9.17, 15) is 14.3 Å². The molecule has 2 heterocycles. The molecule has 1 aromatic carbocycles. The number of nitrogens with one attached hydrogen (secondary N) is 1. The number of nitrogens with zero attached hydrogens (tertiary/aromatic N) is 2. The summed E-state index contributed by atoms with van der Waals surface area (Å²) in [6.07, 6.45) is 0.906. The number of likely N-dealkylation sites (tertiary alicyclic amines) is 1. The number of hydrogen-bond acceptors (Lipinski definition) is 6. The van der Waals surface area contributed by atoms with Gasteiger partial charge in [-0.15, -0.1) is 5.48 Å². The average Bonchev–Trinajstić information content (AvgIpc) is 3.12. The molecule has 1 amide bonds. The first-order valence-electron chi connectivity index (χ1n) is 9.93. The average molecular weight is 395 g/mol. The second-order valence-corrected chi connectivity index (χ2v) is 7.45. The molecule has 0 saturated carbocycles. The van der Waals surface area contributed by atoms with Crippen LogP contribution in [0.5, 0.6) is 5.75 Å². The number of benzene rings is 1. The van der Waals surface area contributed by atoms with E-state index in [1.54, 1.807) is 11.0 Å². The van der Waals surface area contributed by atoms with Crippen molar-refractivity contribution in [3.63, 3.8) is 0 Å². The number of aliphatic hydroxyl groups is 1. The molecule has 2 aliphatic rings. The molecule has 2 aliphatic heterocycles. The van der Waals surface area contributed by atoms with Gasteiger partial charge in [-0.05, 0) is 44.8 Å². The van der Waals surface area contributed by atoms with Crippen molar-refractivity contribution < 1.29 is 23.9 Å². The minimum Gasteiger partial charge on any atom is -0.408 e. The molecule has 1 saturated heterocycles. The smallest absolute Gasteiger partial charge is 0.253 e. The second kappa shape index (κ2) is 9.65. The van der Waals surface area contributed by atoms with E-state index in [0.29, 0.717) is 24.8 Å². The summed E-state index contributed by atoms with van der Waals surface area (Å²) in [5.41, 5.74) is 4.08. The monoisotopic (exact) mass is 395 g/mol. The standard InChI is InChI=1S/C20H30FN3O4/c1-3-24(20(26)17(25)13-27-2)11-10-23-8-6-14(7-9-23)19-16-5-4-15(21)12-18(16)28-22-19/h4-5,12,14,17,19,22,25H,3,6-11,13H2,1-2H3. The molecule has 0 radical (unpaired) electrons. The van der Waals surface area contributed by atoms with E-state index in [-0.39, 0.29) is 24.4 Å². The van der Waals surface area contributed by atoms with Crippen molar-refractivity contribution in [3.8, 4) is 5.75 Å². The lowest BCUT2D eigenvalue weighted by Gasteiger charge is -2.35. The highest BCUT2D eigenvalue weighted by Crippen LogP contribution is 2.39. The van der Waals surface area contributed by atoms with Crippen molar-refractivity contribution in [2.24, 2.45) is 5.92 Å². The van der Waals surface area contributed by atoms with Gasteiger partial charge in [-0.2, -0.15) is 0 Å². The molecule has 1 aromatic rings. The molecule has 8 heteroatoms. The van der Waals surface area contributed by atoms with Crippen molar-refractivity contribution in [2.75, 3.05) is 46.4 Å². The molecule has 1 fully saturated rings. The minimum atomic E-state index is -1.10. The largest absolute Gasteiger partial charge is 0.408 e. The summed E-state index contributed by atoms with van der Waals surface area (Å²) in [5, 5.41) is 9.84. The molecule has 7 nitrogen and oxygen atoms in total. The number of carbonyl (C=O) groups is 1. The Morgan fingerprint density at radius 1 is 1.46 bits per heavy atom. The fourth-order valence-corrected chi connectivity index (χ4v) is 4.03. The molecule has 2 unspecified atom stereocenters. The van der Waals surface area contributed by atoms with E-state index in [4.69, 9.17) is 9.57 Å². The predicted octanol–water partition coefficient (Wildman–Crippen LogP) is 1.33. The van der Waals surface area contributed by atoms with Crippen LogP contribution in [0.25, 0.3) is 0 Å². The number of amides is 1. The summed E-state index contributed by atoms with van der Waals surface area (Å²) in [5.74, 6) is 0.437. The van der Waals surface area contributed by atoms with Gasteiger partial charge in [-0.1, -0.05) is 6.07 Å². The number of methoxy groups -OCH3 is 1. The number of rotatable bonds is 8. The van der Waals surface area contributed by atoms with Gasteiger partial charge in [0.1, 0.15) is 5.82 Å². The molecule has 0 aliphatic carbocycles. The van der Waals surface area contributed by atoms with Crippen molar-refractivity contribution >= 4 is 5.91 Å². The Morgan fingerprint density at radius 2 is 2.21 bits per heavy atom. The number of ether oxygens (including phenoxy) is 1. The first-order valence-corrected chi connectivity index (χ1v) is 9.93. The zero-order chi connectivity index (χ0) is 20.1. The molecule has 28 heavy (non-hydrogen) atoms. The zero-order valence-electron chi connectivity index (χ0n) is 16.6. The summed E-state index contributed by atoms with van der Waals surface area (Å²) < 4.78 is 18.2. The molecule has 0 spiro atoms. The van der Waals surface area contributed by atoms with Crippen LogP contribution in [-0.2, 0) is 9.53 Å². The first kappa shape index (κ1) is 21.0. The third-order valence-corrected chi connectivity index (χ3v) is 5.70. The van der Waals surface area contributed by atoms with Gasteiger partial charge >= 0.3 is 0 Å². The van der Waals surface area contributed by atoms with Crippen LogP contribution in [0.2, 0.25) is 0 Å². The normalized spacial score (nSPS) is 21.2. The van der Waals surface area contributed by atoms with Gasteiger partial charge in [0.15, 0.2) is 11.9 Å². The van der Waals surface area contributed by atoms with Crippen molar-refractivity contribution in [2.45, 2.75) is 31.9 Å². The van der Waals surface area contributed by atoms with Gasteiger partial charge in [0, 0.05) is 38.4 Å². The Balaban J connectivity index is 1.46. The third-order valence-electron chi connectivity index (χ3n) is 5.70. The maximum absolute atomic E-state index is 13.3. The number of fused-ring (bicyclic) bond motifs is 1. The van der Waals surface area contributed by atoms with E-state index >= 15 is 0 Å². The summed E-state index contributed by atoms with van der Waals surface area (Å²) in [7, 11) is 1.47. The summed E-state index contributed by atoms with van der Waals surface area (Å²) in [4.78, 5) is 21.7. The van der Waals surface area contributed by atoms with Crippen molar-refractivity contribution in [1.29, 1.82) is 0 Å². The van der Waals surface area contributed by atoms with Gasteiger partial charge in [-0.25, -0.2) is 4.39 Å². The van der Waals surface area contributed by atoms with Gasteiger partial charge < -0.3 is 24.5 Å². The van der Waals surface area contributed by atoms with Crippen LogP contribution >= 0.6 is 0 Å². The Bertz CT molecular complexity index is 667. The quantitative estimate of drug-likeness (QED) is 0.692. The lowest BCUT2D eigenvalue weighted by molar-refractivity contribution is -0.142. The number of halogens is 1. The maximum atomic E-state index is 13.3. The third kappa shape index (κ3) is 4.81. The van der Waals surface area contributed by atoms with E-state index in [0.717, 1.165) is 38.0 Å². The van der Waals surface area contributed by atoms with Crippen LogP contribution in [0.1, 0.15) is 31.4 Å². The summed E-state index contributed by atoms with van der Waals surface area (Å²) in [6.45, 7) is 5.73. The number of aliphatic hydroxyl groups excluding tert-OH is 1. The first-order chi connectivity index (χ1) is 13.5. The van der Waals surface area contributed by atoms with Crippen molar-refractivity contribution in [1.82, 2.24) is 15.3 Å². The Kier molecular flexibility index (Phi) is 7.23. The predicted molar refractivity (Wildman–Crippen MR) is 102 cm³/mol. The van der Waals surface area contributed by atoms with Crippen LogP contribution in [0.3, 0.4) is 0 Å². The zero-order valence-corrected chi connectivity index (χ0v) is 16.6. The van der Waals surface area contributed by atoms with E-state index in [1.165, 1.54) is 19.2 Å². The van der Waals surface area contributed by atoms with Crippen LogP contribution in [0.15, 0.2) is 18.2 Å². The number of likely N-dealkylation sites (N-methyl/N-ethyl adjacent to an activating group) is 1. The fraction of sp³-hybridized carbons (Fsp3) is 0.650. The van der Waals surface area contributed by atoms with Crippen LogP contribution in [0, 0.1) is 11.7 Å². The maximum Gasteiger partial charge on any atom is 0.253 e. The summed E-state index contributed by atoms with van der Waals surface area (Å²) in [6, 6.07) is 4.80. The topological polar surface area (TPSA) is 74.3 Å². The van der Waals surface area contributed by atoms with Gasteiger partial charge in [-0.3, -0.25) is 4.79 Å². The second-order valence-electron chi connectivity index (χ2n) is 7.45. The molecular weight excluding hydrogens is 365 g/mol. The molecule has 156 valence electrons. The SMILES string of the molecule is CCN(CCN1CCC(C2NOc3cc(F)ccc32)CC1)C(=O)C(O)COC. The van der Waals surface area contributed by atoms with E-state index in [1.807, 2.05) is 6.92 Å².